The summed E-state index contributed by atoms with van der Waals surface area (Å²) < 4.78 is 0. The lowest BCUT2D eigenvalue weighted by Gasteiger charge is -2.11. The largest absolute Gasteiger partial charge is 0.550 e. The topological polar surface area (TPSA) is 90.0 Å². The predicted molar refractivity (Wildman–Crippen MR) is 57.2 cm³/mol. The summed E-state index contributed by atoms with van der Waals surface area (Å²) in [5.74, 6) is -0.659. The van der Waals surface area contributed by atoms with E-state index in [0.717, 1.165) is 0 Å². The normalized spacial score (nSPS) is 9.56. The highest BCUT2D eigenvalue weighted by molar-refractivity contribution is 6.29. The number of hydrogen-bond acceptors (Lipinski definition) is 6. The molecule has 0 saturated carbocycles. The molecule has 0 aliphatic rings. The van der Waals surface area contributed by atoms with Crippen molar-refractivity contribution in [1.82, 2.24) is 15.6 Å². The molecule has 16 heavy (non-hydrogen) atoms. The number of nitrogens with one attached hydrogen (secondary N) is 2. The quantitative estimate of drug-likeness (QED) is 0.686. The van der Waals surface area contributed by atoms with Crippen LogP contribution >= 0.6 is 11.6 Å². The standard InChI is InChI=1S/C9H11ClN4O2/c1-6(2-5-9(15)16)11-13-8-4-3-7(10)12-14-8/h3-4,11H,1-2,5H2,(H,13,14)(H,15,16)/p-1. The van der Waals surface area contributed by atoms with Gasteiger partial charge in [-0.15, -0.1) is 10.2 Å². The maximum absolute atomic E-state index is 10.2. The van der Waals surface area contributed by atoms with Gasteiger partial charge in [0.15, 0.2) is 11.0 Å². The number of halogens is 1. The van der Waals surface area contributed by atoms with Crippen molar-refractivity contribution < 1.29 is 9.90 Å². The van der Waals surface area contributed by atoms with E-state index in [9.17, 15) is 9.90 Å². The van der Waals surface area contributed by atoms with Gasteiger partial charge in [0, 0.05) is 11.7 Å². The Bertz CT molecular complexity index is 380. The predicted octanol–water partition coefficient (Wildman–Crippen LogP) is 0.0903. The van der Waals surface area contributed by atoms with Crippen molar-refractivity contribution in [1.29, 1.82) is 0 Å². The third kappa shape index (κ3) is 4.61. The molecule has 0 saturated heterocycles. The van der Waals surface area contributed by atoms with Crippen molar-refractivity contribution in [2.75, 3.05) is 5.43 Å². The molecule has 2 N–H and O–H groups in total. The fraction of sp³-hybridized carbons (Fsp3) is 0.222. The van der Waals surface area contributed by atoms with Crippen LogP contribution in [0.2, 0.25) is 5.15 Å². The Morgan fingerprint density at radius 3 is 2.75 bits per heavy atom. The molecular weight excluding hydrogens is 232 g/mol. The van der Waals surface area contributed by atoms with E-state index in [4.69, 9.17) is 11.6 Å². The number of carbonyl (C=O) groups is 1. The molecule has 0 unspecified atom stereocenters. The molecule has 86 valence electrons. The molecule has 0 amide bonds. The summed E-state index contributed by atoms with van der Waals surface area (Å²) in [5.41, 5.74) is 5.91. The van der Waals surface area contributed by atoms with E-state index < -0.39 is 5.97 Å². The minimum atomic E-state index is -1.12. The lowest BCUT2D eigenvalue weighted by Crippen LogP contribution is -2.25. The van der Waals surface area contributed by atoms with Gasteiger partial charge in [-0.1, -0.05) is 18.2 Å². The summed E-state index contributed by atoms with van der Waals surface area (Å²) in [4.78, 5) is 10.2. The van der Waals surface area contributed by atoms with Gasteiger partial charge in [-0.25, -0.2) is 0 Å². The second-order valence-electron chi connectivity index (χ2n) is 2.97. The van der Waals surface area contributed by atoms with Crippen molar-refractivity contribution in [2.24, 2.45) is 0 Å². The zero-order valence-electron chi connectivity index (χ0n) is 8.36. The molecule has 6 nitrogen and oxygen atoms in total. The van der Waals surface area contributed by atoms with E-state index in [-0.39, 0.29) is 12.8 Å². The van der Waals surface area contributed by atoms with Crippen LogP contribution in [0.25, 0.3) is 0 Å². The third-order valence-electron chi connectivity index (χ3n) is 1.63. The van der Waals surface area contributed by atoms with Crippen molar-refractivity contribution in [2.45, 2.75) is 12.8 Å². The van der Waals surface area contributed by atoms with Gasteiger partial charge in [-0.2, -0.15) is 0 Å². The molecule has 1 heterocycles. The van der Waals surface area contributed by atoms with Gasteiger partial charge in [0.1, 0.15) is 0 Å². The number of aromatic nitrogens is 2. The van der Waals surface area contributed by atoms with Crippen molar-refractivity contribution >= 4 is 23.4 Å². The van der Waals surface area contributed by atoms with Gasteiger partial charge in [0.05, 0.1) is 0 Å². The van der Waals surface area contributed by atoms with Crippen molar-refractivity contribution in [3.63, 3.8) is 0 Å². The van der Waals surface area contributed by atoms with Crippen molar-refractivity contribution in [3.05, 3.63) is 29.6 Å². The van der Waals surface area contributed by atoms with Crippen LogP contribution in [0.4, 0.5) is 5.82 Å². The van der Waals surface area contributed by atoms with E-state index in [1.165, 1.54) is 0 Å². The summed E-state index contributed by atoms with van der Waals surface area (Å²) in [6, 6.07) is 3.19. The first-order valence-electron chi connectivity index (χ1n) is 4.47. The Morgan fingerprint density at radius 1 is 1.44 bits per heavy atom. The molecule has 1 rings (SSSR count). The number of allylic oxidation sites excluding steroid dienone is 1. The second-order valence-corrected chi connectivity index (χ2v) is 3.35. The van der Waals surface area contributed by atoms with Gasteiger partial charge in [0.2, 0.25) is 0 Å². The van der Waals surface area contributed by atoms with Gasteiger partial charge < -0.3 is 15.3 Å². The van der Waals surface area contributed by atoms with Crippen LogP contribution in [0.15, 0.2) is 24.4 Å². The average Bonchev–Trinajstić information content (AvgIpc) is 2.25. The number of hydrogen-bond donors (Lipinski definition) is 2. The molecule has 1 aromatic heterocycles. The monoisotopic (exact) mass is 241 g/mol. The minimum Gasteiger partial charge on any atom is -0.550 e. The first-order chi connectivity index (χ1) is 7.58. The first-order valence-corrected chi connectivity index (χ1v) is 4.84. The molecule has 0 fully saturated rings. The maximum Gasteiger partial charge on any atom is 0.167 e. The lowest BCUT2D eigenvalue weighted by atomic mass is 10.3. The average molecular weight is 242 g/mol. The summed E-state index contributed by atoms with van der Waals surface area (Å²) in [5, 5.41) is 17.8. The molecular formula is C9H10ClN4O2-. The first kappa shape index (κ1) is 12.3. The lowest BCUT2D eigenvalue weighted by molar-refractivity contribution is -0.305. The Balaban J connectivity index is 2.31. The fourth-order valence-corrected chi connectivity index (χ4v) is 0.951. The number of hydrazine groups is 1. The zero-order chi connectivity index (χ0) is 12.0. The van der Waals surface area contributed by atoms with E-state index in [0.29, 0.717) is 16.7 Å². The number of aliphatic carboxylic acids is 1. The van der Waals surface area contributed by atoms with Crippen LogP contribution < -0.4 is 16.0 Å². The molecule has 1 aromatic rings. The Labute approximate surface area is 97.3 Å². The summed E-state index contributed by atoms with van der Waals surface area (Å²) in [6.07, 6.45) is 0.191. The molecule has 0 aliphatic heterocycles. The highest BCUT2D eigenvalue weighted by atomic mass is 35.5. The van der Waals surface area contributed by atoms with Crippen LogP contribution in [0.5, 0.6) is 0 Å². The van der Waals surface area contributed by atoms with Gasteiger partial charge >= 0.3 is 0 Å². The number of nitrogens with zero attached hydrogens (tertiary/aromatic N) is 2. The summed E-state index contributed by atoms with van der Waals surface area (Å²) in [6.45, 7) is 3.62. The van der Waals surface area contributed by atoms with Crippen LogP contribution in [0, 0.1) is 0 Å². The Kier molecular flexibility index (Phi) is 4.53. The van der Waals surface area contributed by atoms with Crippen LogP contribution in [-0.2, 0) is 4.79 Å². The van der Waals surface area contributed by atoms with Gasteiger partial charge in [0.25, 0.3) is 0 Å². The van der Waals surface area contributed by atoms with E-state index >= 15 is 0 Å². The number of carboxylic acid groups (broad SMARTS) is 1. The smallest absolute Gasteiger partial charge is 0.167 e. The van der Waals surface area contributed by atoms with Gasteiger partial charge in [-0.3, -0.25) is 5.43 Å². The summed E-state index contributed by atoms with van der Waals surface area (Å²) in [7, 11) is 0. The second kappa shape index (κ2) is 5.92. The highest BCUT2D eigenvalue weighted by Crippen LogP contribution is 2.05. The molecule has 0 spiro atoms. The molecule has 0 bridgehead atoms. The van der Waals surface area contributed by atoms with Crippen LogP contribution in [-0.4, -0.2) is 16.2 Å². The van der Waals surface area contributed by atoms with E-state index in [2.05, 4.69) is 27.6 Å². The third-order valence-corrected chi connectivity index (χ3v) is 1.83. The van der Waals surface area contributed by atoms with Gasteiger partial charge in [-0.05, 0) is 25.0 Å². The number of anilines is 1. The SMILES string of the molecule is C=C(CCC(=O)[O-])NNc1ccc(Cl)nn1. The number of rotatable bonds is 6. The Hall–Kier alpha value is -1.82. The minimum absolute atomic E-state index is 0.0835. The number of carboxylic acids is 1. The number of carbonyl (C=O) groups excluding carboxylic acids is 1. The highest BCUT2D eigenvalue weighted by Gasteiger charge is 1.96. The summed E-state index contributed by atoms with van der Waals surface area (Å²) >= 11 is 5.55. The maximum atomic E-state index is 10.2. The van der Waals surface area contributed by atoms with Crippen LogP contribution in [0.3, 0.4) is 0 Å². The van der Waals surface area contributed by atoms with Crippen molar-refractivity contribution in [3.8, 4) is 0 Å². The molecule has 0 radical (unpaired) electrons. The Morgan fingerprint density at radius 2 is 2.19 bits per heavy atom. The molecule has 7 heteroatoms. The molecule has 0 aromatic carbocycles. The zero-order valence-corrected chi connectivity index (χ0v) is 9.12. The molecule has 0 atom stereocenters. The molecule has 0 aliphatic carbocycles. The van der Waals surface area contributed by atoms with E-state index in [1.54, 1.807) is 12.1 Å². The fourth-order valence-electron chi connectivity index (χ4n) is 0.851. The van der Waals surface area contributed by atoms with Crippen LogP contribution in [0.1, 0.15) is 12.8 Å². The van der Waals surface area contributed by atoms with E-state index in [1.807, 2.05) is 0 Å².